The minimum absolute atomic E-state index is 0.124. The van der Waals surface area contributed by atoms with Crippen molar-refractivity contribution in [3.05, 3.63) is 54.6 Å². The Bertz CT molecular complexity index is 422. The number of hydrogen-bond acceptors (Lipinski definition) is 3. The SMILES string of the molecule is C=C[C@]1(O)C=C[C@@H](c2ccc(OC)cc2)OC1. The highest BCUT2D eigenvalue weighted by Gasteiger charge is 2.26. The number of hydrogen-bond donors (Lipinski definition) is 1. The lowest BCUT2D eigenvalue weighted by Gasteiger charge is -2.28. The van der Waals surface area contributed by atoms with Crippen molar-refractivity contribution in [2.24, 2.45) is 0 Å². The topological polar surface area (TPSA) is 38.7 Å². The van der Waals surface area contributed by atoms with Crippen LogP contribution >= 0.6 is 0 Å². The van der Waals surface area contributed by atoms with Crippen molar-refractivity contribution in [2.75, 3.05) is 13.7 Å². The first-order chi connectivity index (χ1) is 8.17. The van der Waals surface area contributed by atoms with Gasteiger partial charge in [0.05, 0.1) is 13.7 Å². The molecular weight excluding hydrogens is 216 g/mol. The first-order valence-corrected chi connectivity index (χ1v) is 5.48. The molecule has 1 aromatic carbocycles. The Labute approximate surface area is 101 Å². The van der Waals surface area contributed by atoms with E-state index in [0.29, 0.717) is 0 Å². The van der Waals surface area contributed by atoms with Crippen LogP contribution in [0.5, 0.6) is 5.75 Å². The van der Waals surface area contributed by atoms with E-state index in [0.717, 1.165) is 11.3 Å². The van der Waals surface area contributed by atoms with E-state index < -0.39 is 5.60 Å². The van der Waals surface area contributed by atoms with Crippen molar-refractivity contribution in [1.82, 2.24) is 0 Å². The third kappa shape index (κ3) is 2.57. The van der Waals surface area contributed by atoms with Gasteiger partial charge in [-0.05, 0) is 23.8 Å². The Hall–Kier alpha value is -1.58. The second-order valence-electron chi connectivity index (χ2n) is 4.06. The van der Waals surface area contributed by atoms with Gasteiger partial charge in [-0.15, -0.1) is 0 Å². The molecule has 2 atom stereocenters. The summed E-state index contributed by atoms with van der Waals surface area (Å²) >= 11 is 0. The molecule has 17 heavy (non-hydrogen) atoms. The van der Waals surface area contributed by atoms with Crippen LogP contribution in [-0.4, -0.2) is 24.4 Å². The number of methoxy groups -OCH3 is 1. The fourth-order valence-electron chi connectivity index (χ4n) is 1.71. The molecule has 1 aromatic rings. The van der Waals surface area contributed by atoms with Gasteiger partial charge in [0.2, 0.25) is 0 Å². The monoisotopic (exact) mass is 232 g/mol. The van der Waals surface area contributed by atoms with Crippen molar-refractivity contribution in [3.8, 4) is 5.75 Å². The lowest BCUT2D eigenvalue weighted by molar-refractivity contribution is -0.0220. The van der Waals surface area contributed by atoms with Crippen LogP contribution in [0.3, 0.4) is 0 Å². The molecule has 0 fully saturated rings. The predicted molar refractivity (Wildman–Crippen MR) is 66.0 cm³/mol. The second-order valence-corrected chi connectivity index (χ2v) is 4.06. The van der Waals surface area contributed by atoms with Gasteiger partial charge in [0.1, 0.15) is 17.5 Å². The normalized spacial score (nSPS) is 27.8. The highest BCUT2D eigenvalue weighted by molar-refractivity contribution is 5.31. The predicted octanol–water partition coefficient (Wildman–Crippen LogP) is 2.24. The molecule has 1 heterocycles. The van der Waals surface area contributed by atoms with Crippen molar-refractivity contribution in [2.45, 2.75) is 11.7 Å². The van der Waals surface area contributed by atoms with Gasteiger partial charge in [-0.2, -0.15) is 0 Å². The lowest BCUT2D eigenvalue weighted by atomic mass is 9.99. The first kappa shape index (κ1) is 11.9. The Morgan fingerprint density at radius 2 is 2.18 bits per heavy atom. The Morgan fingerprint density at radius 3 is 2.65 bits per heavy atom. The van der Waals surface area contributed by atoms with E-state index in [1.807, 2.05) is 30.3 Å². The van der Waals surface area contributed by atoms with E-state index in [4.69, 9.17) is 9.47 Å². The van der Waals surface area contributed by atoms with Gasteiger partial charge in [-0.1, -0.05) is 30.9 Å². The van der Waals surface area contributed by atoms with Crippen molar-refractivity contribution < 1.29 is 14.6 Å². The second kappa shape index (κ2) is 4.73. The smallest absolute Gasteiger partial charge is 0.124 e. The number of aliphatic hydroxyl groups is 1. The first-order valence-electron chi connectivity index (χ1n) is 5.48. The van der Waals surface area contributed by atoms with Gasteiger partial charge >= 0.3 is 0 Å². The molecule has 1 aliphatic rings. The largest absolute Gasteiger partial charge is 0.497 e. The highest BCUT2D eigenvalue weighted by Crippen LogP contribution is 2.28. The summed E-state index contributed by atoms with van der Waals surface area (Å²) in [6, 6.07) is 7.68. The van der Waals surface area contributed by atoms with Gasteiger partial charge in [-0.3, -0.25) is 0 Å². The zero-order valence-corrected chi connectivity index (χ0v) is 9.80. The summed E-state index contributed by atoms with van der Waals surface area (Å²) in [7, 11) is 1.64. The lowest BCUT2D eigenvalue weighted by Crippen LogP contribution is -2.33. The summed E-state index contributed by atoms with van der Waals surface area (Å²) in [5.74, 6) is 0.816. The van der Waals surface area contributed by atoms with Gasteiger partial charge in [0.15, 0.2) is 0 Å². The summed E-state index contributed by atoms with van der Waals surface area (Å²) in [6.45, 7) is 3.80. The Morgan fingerprint density at radius 1 is 1.47 bits per heavy atom. The Kier molecular flexibility index (Phi) is 3.31. The highest BCUT2D eigenvalue weighted by atomic mass is 16.5. The summed E-state index contributed by atoms with van der Waals surface area (Å²) in [5.41, 5.74) is -0.00338. The number of benzene rings is 1. The molecular formula is C14H16O3. The zero-order chi connectivity index (χ0) is 12.3. The molecule has 0 radical (unpaired) electrons. The molecule has 0 saturated heterocycles. The number of ether oxygens (including phenoxy) is 2. The average molecular weight is 232 g/mol. The third-order valence-electron chi connectivity index (χ3n) is 2.85. The van der Waals surface area contributed by atoms with Gasteiger partial charge in [0, 0.05) is 0 Å². The summed E-state index contributed by atoms with van der Waals surface area (Å²) in [5, 5.41) is 9.88. The van der Waals surface area contributed by atoms with Crippen molar-refractivity contribution >= 4 is 0 Å². The van der Waals surface area contributed by atoms with Crippen LogP contribution in [0.2, 0.25) is 0 Å². The van der Waals surface area contributed by atoms with E-state index in [-0.39, 0.29) is 12.7 Å². The van der Waals surface area contributed by atoms with E-state index in [2.05, 4.69) is 6.58 Å². The quantitative estimate of drug-likeness (QED) is 0.812. The van der Waals surface area contributed by atoms with E-state index >= 15 is 0 Å². The summed E-state index contributed by atoms with van der Waals surface area (Å²) < 4.78 is 10.7. The molecule has 0 saturated carbocycles. The van der Waals surface area contributed by atoms with E-state index in [9.17, 15) is 5.11 Å². The fourth-order valence-corrected chi connectivity index (χ4v) is 1.71. The van der Waals surface area contributed by atoms with Gasteiger partial charge in [0.25, 0.3) is 0 Å². The maximum absolute atomic E-state index is 9.88. The van der Waals surface area contributed by atoms with Crippen molar-refractivity contribution in [3.63, 3.8) is 0 Å². The fraction of sp³-hybridized carbons (Fsp3) is 0.286. The molecule has 3 heteroatoms. The van der Waals surface area contributed by atoms with E-state index in [1.165, 1.54) is 6.08 Å². The molecule has 0 amide bonds. The maximum Gasteiger partial charge on any atom is 0.124 e. The standard InChI is InChI=1S/C14H16O3/c1-3-14(15)9-8-13(17-10-14)11-4-6-12(16-2)7-5-11/h3-9,13,15H,1,10H2,2H3/t13-,14-/m0/s1. The van der Waals surface area contributed by atoms with Crippen molar-refractivity contribution in [1.29, 1.82) is 0 Å². The molecule has 90 valence electrons. The molecule has 0 bridgehead atoms. The van der Waals surface area contributed by atoms with Gasteiger partial charge in [-0.25, -0.2) is 0 Å². The van der Waals surface area contributed by atoms with Crippen LogP contribution in [0.25, 0.3) is 0 Å². The van der Waals surface area contributed by atoms with Crippen LogP contribution in [-0.2, 0) is 4.74 Å². The van der Waals surface area contributed by atoms with Crippen LogP contribution in [0.4, 0.5) is 0 Å². The van der Waals surface area contributed by atoms with Crippen LogP contribution in [0.15, 0.2) is 49.1 Å². The molecule has 2 rings (SSSR count). The molecule has 0 unspecified atom stereocenters. The summed E-state index contributed by atoms with van der Waals surface area (Å²) in [4.78, 5) is 0. The van der Waals surface area contributed by atoms with Gasteiger partial charge < -0.3 is 14.6 Å². The number of rotatable bonds is 3. The molecule has 3 nitrogen and oxygen atoms in total. The average Bonchev–Trinajstić information content (AvgIpc) is 2.40. The van der Waals surface area contributed by atoms with Crippen LogP contribution in [0, 0.1) is 0 Å². The Balaban J connectivity index is 2.14. The molecule has 0 aromatic heterocycles. The zero-order valence-electron chi connectivity index (χ0n) is 9.80. The third-order valence-corrected chi connectivity index (χ3v) is 2.85. The molecule has 1 N–H and O–H groups in total. The van der Waals surface area contributed by atoms with Crippen LogP contribution < -0.4 is 4.74 Å². The summed E-state index contributed by atoms with van der Waals surface area (Å²) in [6.07, 6.45) is 4.92. The minimum Gasteiger partial charge on any atom is -0.497 e. The molecule has 1 aliphatic heterocycles. The molecule has 0 aliphatic carbocycles. The molecule has 0 spiro atoms. The maximum atomic E-state index is 9.88. The minimum atomic E-state index is -1.04. The van der Waals surface area contributed by atoms with Crippen LogP contribution in [0.1, 0.15) is 11.7 Å². The van der Waals surface area contributed by atoms with E-state index in [1.54, 1.807) is 13.2 Å².